The monoisotopic (exact) mass is 273 g/mol. The van der Waals surface area contributed by atoms with E-state index in [4.69, 9.17) is 0 Å². The normalized spacial score (nSPS) is 15.8. The van der Waals surface area contributed by atoms with E-state index < -0.39 is 11.5 Å². The van der Waals surface area contributed by atoms with E-state index in [1.165, 1.54) is 6.07 Å². The Labute approximate surface area is 115 Å². The number of aromatic nitrogens is 3. The molecule has 0 aromatic carbocycles. The fourth-order valence-electron chi connectivity index (χ4n) is 2.86. The molecule has 1 saturated carbocycles. The number of carbonyl (C=O) groups is 1. The van der Waals surface area contributed by atoms with Crippen LogP contribution in [0.4, 0.5) is 0 Å². The molecule has 1 fully saturated rings. The second kappa shape index (κ2) is 4.70. The molecular weight excluding hydrogens is 258 g/mol. The van der Waals surface area contributed by atoms with Gasteiger partial charge in [0.25, 0.3) is 5.56 Å². The molecule has 0 amide bonds. The minimum Gasteiger partial charge on any atom is -0.477 e. The number of hydrogen-bond donors (Lipinski definition) is 1. The Morgan fingerprint density at radius 3 is 2.75 bits per heavy atom. The third kappa shape index (κ3) is 1.97. The Balaban J connectivity index is 2.37. The maximum absolute atomic E-state index is 12.4. The summed E-state index contributed by atoms with van der Waals surface area (Å²) in [5, 5.41) is 9.79. The number of aromatic carboxylic acids is 1. The molecule has 2 aromatic heterocycles. The van der Waals surface area contributed by atoms with Crippen LogP contribution in [0.2, 0.25) is 0 Å². The summed E-state index contributed by atoms with van der Waals surface area (Å²) in [4.78, 5) is 32.1. The number of nitrogens with zero attached hydrogens (tertiary/aromatic N) is 3. The molecule has 0 atom stereocenters. The lowest BCUT2D eigenvalue weighted by Gasteiger charge is -2.16. The lowest BCUT2D eigenvalue weighted by molar-refractivity contribution is 0.0694. The summed E-state index contributed by atoms with van der Waals surface area (Å²) < 4.78 is 1.56. The molecule has 20 heavy (non-hydrogen) atoms. The maximum Gasteiger partial charge on any atom is 0.341 e. The van der Waals surface area contributed by atoms with Crippen LogP contribution in [0.15, 0.2) is 17.1 Å². The van der Waals surface area contributed by atoms with Crippen LogP contribution < -0.4 is 5.56 Å². The molecule has 104 valence electrons. The quantitative estimate of drug-likeness (QED) is 0.903. The zero-order chi connectivity index (χ0) is 14.3. The number of pyridine rings is 1. The summed E-state index contributed by atoms with van der Waals surface area (Å²) in [6.07, 6.45) is 5.47. The van der Waals surface area contributed by atoms with Gasteiger partial charge in [-0.05, 0) is 25.8 Å². The number of carboxylic acid groups (broad SMARTS) is 1. The topological polar surface area (TPSA) is 85.1 Å². The molecule has 3 rings (SSSR count). The second-order valence-electron chi connectivity index (χ2n) is 5.17. The molecule has 0 saturated heterocycles. The van der Waals surface area contributed by atoms with Gasteiger partial charge >= 0.3 is 5.97 Å². The first-order chi connectivity index (χ1) is 9.58. The minimum absolute atomic E-state index is 0.0404. The first-order valence-corrected chi connectivity index (χ1v) is 6.70. The third-order valence-electron chi connectivity index (χ3n) is 3.81. The summed E-state index contributed by atoms with van der Waals surface area (Å²) in [5.74, 6) is -0.629. The van der Waals surface area contributed by atoms with Crippen molar-refractivity contribution in [2.75, 3.05) is 0 Å². The zero-order valence-electron chi connectivity index (χ0n) is 11.2. The Bertz CT molecular complexity index is 745. The Morgan fingerprint density at radius 1 is 1.40 bits per heavy atom. The lowest BCUT2D eigenvalue weighted by Crippen LogP contribution is -2.29. The van der Waals surface area contributed by atoms with Gasteiger partial charge in [-0.3, -0.25) is 9.36 Å². The van der Waals surface area contributed by atoms with Crippen LogP contribution in [0.1, 0.15) is 47.9 Å². The predicted molar refractivity (Wildman–Crippen MR) is 73.0 cm³/mol. The Kier molecular flexibility index (Phi) is 3.00. The second-order valence-corrected chi connectivity index (χ2v) is 5.17. The molecule has 1 aliphatic rings. The number of carboxylic acids is 1. The summed E-state index contributed by atoms with van der Waals surface area (Å²) >= 11 is 0. The largest absolute Gasteiger partial charge is 0.477 e. The summed E-state index contributed by atoms with van der Waals surface area (Å²) in [5.41, 5.74) is -0.133. The highest BCUT2D eigenvalue weighted by atomic mass is 16.4. The molecule has 2 aromatic rings. The number of fused-ring (bicyclic) bond motifs is 1. The molecule has 0 spiro atoms. The maximum atomic E-state index is 12.4. The molecule has 0 aliphatic heterocycles. The average Bonchev–Trinajstić information content (AvgIpc) is 2.91. The van der Waals surface area contributed by atoms with Crippen molar-refractivity contribution in [1.82, 2.24) is 14.5 Å². The van der Waals surface area contributed by atoms with Crippen LogP contribution in [-0.2, 0) is 0 Å². The fourth-order valence-corrected chi connectivity index (χ4v) is 2.86. The van der Waals surface area contributed by atoms with Crippen LogP contribution in [0.25, 0.3) is 11.0 Å². The van der Waals surface area contributed by atoms with Crippen molar-refractivity contribution in [3.8, 4) is 0 Å². The van der Waals surface area contributed by atoms with Crippen molar-refractivity contribution in [2.24, 2.45) is 0 Å². The molecule has 0 unspecified atom stereocenters. The van der Waals surface area contributed by atoms with E-state index in [9.17, 15) is 14.7 Å². The Morgan fingerprint density at radius 2 is 2.10 bits per heavy atom. The summed E-state index contributed by atoms with van der Waals surface area (Å²) in [6, 6.07) is 1.41. The van der Waals surface area contributed by atoms with Gasteiger partial charge in [-0.2, -0.15) is 0 Å². The van der Waals surface area contributed by atoms with Gasteiger partial charge < -0.3 is 5.11 Å². The number of rotatable bonds is 2. The van der Waals surface area contributed by atoms with E-state index in [0.717, 1.165) is 25.7 Å². The van der Waals surface area contributed by atoms with Gasteiger partial charge in [0.05, 0.1) is 0 Å². The summed E-state index contributed by atoms with van der Waals surface area (Å²) in [6.45, 7) is 1.76. The predicted octanol–water partition coefficient (Wildman–Crippen LogP) is 1.91. The van der Waals surface area contributed by atoms with Gasteiger partial charge in [0, 0.05) is 17.6 Å². The molecule has 6 heteroatoms. The third-order valence-corrected chi connectivity index (χ3v) is 3.81. The van der Waals surface area contributed by atoms with Gasteiger partial charge in [0.15, 0.2) is 0 Å². The van der Waals surface area contributed by atoms with E-state index in [0.29, 0.717) is 16.9 Å². The van der Waals surface area contributed by atoms with E-state index in [-0.39, 0.29) is 11.6 Å². The van der Waals surface area contributed by atoms with Gasteiger partial charge in [0.2, 0.25) is 0 Å². The van der Waals surface area contributed by atoms with Crippen molar-refractivity contribution >= 4 is 17.0 Å². The smallest absolute Gasteiger partial charge is 0.341 e. The molecule has 2 heterocycles. The fraction of sp³-hybridized carbons (Fsp3) is 0.429. The van der Waals surface area contributed by atoms with Crippen LogP contribution >= 0.6 is 0 Å². The first-order valence-electron chi connectivity index (χ1n) is 6.70. The first kappa shape index (κ1) is 12.8. The molecule has 0 bridgehead atoms. The van der Waals surface area contributed by atoms with Gasteiger partial charge in [-0.1, -0.05) is 12.8 Å². The van der Waals surface area contributed by atoms with Gasteiger partial charge in [-0.25, -0.2) is 14.8 Å². The molecule has 6 nitrogen and oxygen atoms in total. The van der Waals surface area contributed by atoms with Crippen molar-refractivity contribution in [3.05, 3.63) is 34.0 Å². The summed E-state index contributed by atoms with van der Waals surface area (Å²) in [7, 11) is 0. The van der Waals surface area contributed by atoms with Crippen LogP contribution in [0.5, 0.6) is 0 Å². The van der Waals surface area contributed by atoms with Gasteiger partial charge in [0.1, 0.15) is 17.0 Å². The van der Waals surface area contributed by atoms with Crippen molar-refractivity contribution < 1.29 is 9.90 Å². The van der Waals surface area contributed by atoms with E-state index >= 15 is 0 Å². The SMILES string of the molecule is Cc1ncc2cc(C(=O)O)c(=O)n(C3CCCC3)c2n1. The lowest BCUT2D eigenvalue weighted by atomic mass is 10.1. The highest BCUT2D eigenvalue weighted by molar-refractivity contribution is 5.91. The van der Waals surface area contributed by atoms with Crippen molar-refractivity contribution in [2.45, 2.75) is 38.6 Å². The van der Waals surface area contributed by atoms with Crippen molar-refractivity contribution in [3.63, 3.8) is 0 Å². The van der Waals surface area contributed by atoms with Crippen LogP contribution in [0.3, 0.4) is 0 Å². The number of hydrogen-bond acceptors (Lipinski definition) is 4. The Hall–Kier alpha value is -2.24. The number of aryl methyl sites for hydroxylation is 1. The van der Waals surface area contributed by atoms with Gasteiger partial charge in [-0.15, -0.1) is 0 Å². The average molecular weight is 273 g/mol. The van der Waals surface area contributed by atoms with Crippen LogP contribution in [0, 0.1) is 6.92 Å². The van der Waals surface area contributed by atoms with Crippen molar-refractivity contribution in [1.29, 1.82) is 0 Å². The molecule has 1 N–H and O–H groups in total. The van der Waals surface area contributed by atoms with E-state index in [1.54, 1.807) is 17.7 Å². The minimum atomic E-state index is -1.20. The van der Waals surface area contributed by atoms with Crippen LogP contribution in [-0.4, -0.2) is 25.6 Å². The highest BCUT2D eigenvalue weighted by Crippen LogP contribution is 2.30. The highest BCUT2D eigenvalue weighted by Gasteiger charge is 2.24. The van der Waals surface area contributed by atoms with E-state index in [1.807, 2.05) is 0 Å². The zero-order valence-corrected chi connectivity index (χ0v) is 11.2. The molecule has 1 aliphatic carbocycles. The molecule has 0 radical (unpaired) electrons. The van der Waals surface area contributed by atoms with E-state index in [2.05, 4.69) is 9.97 Å². The molecular formula is C14H15N3O3. The standard InChI is InChI=1S/C14H15N3O3/c1-8-15-7-9-6-11(14(19)20)13(18)17(12(9)16-8)10-4-2-3-5-10/h6-7,10H,2-5H2,1H3,(H,19,20).